The molecule has 62 valence electrons. The van der Waals surface area contributed by atoms with Crippen molar-refractivity contribution in [3.63, 3.8) is 0 Å². The second-order valence-electron chi connectivity index (χ2n) is 2.54. The van der Waals surface area contributed by atoms with Crippen LogP contribution in [0.5, 0.6) is 0 Å². The molecule has 0 aromatic carbocycles. The average Bonchev–Trinajstić information content (AvgIpc) is 2.63. The van der Waals surface area contributed by atoms with Crippen LogP contribution in [0.4, 0.5) is 0 Å². The van der Waals surface area contributed by atoms with Crippen LogP contribution in [0.15, 0.2) is 27.5 Å². The highest BCUT2D eigenvalue weighted by Gasteiger charge is 2.03. The van der Waals surface area contributed by atoms with Gasteiger partial charge >= 0.3 is 0 Å². The Labute approximate surface area is 69.2 Å². The van der Waals surface area contributed by atoms with Crippen LogP contribution in [0.25, 0.3) is 0 Å². The van der Waals surface area contributed by atoms with Crippen LogP contribution in [0.3, 0.4) is 0 Å². The fraction of sp³-hybridized carbons (Fsp3) is 0.250. The van der Waals surface area contributed by atoms with E-state index in [1.54, 1.807) is 19.5 Å². The number of rotatable bonds is 2. The van der Waals surface area contributed by atoms with Crippen molar-refractivity contribution in [1.82, 2.24) is 10.1 Å². The van der Waals surface area contributed by atoms with E-state index < -0.39 is 0 Å². The van der Waals surface area contributed by atoms with E-state index in [-0.39, 0.29) is 0 Å². The molecule has 0 aliphatic carbocycles. The Morgan fingerprint density at radius 1 is 1.50 bits per heavy atom. The average molecular weight is 164 g/mol. The third-order valence-corrected chi connectivity index (χ3v) is 1.51. The number of furan rings is 1. The number of hydrogen-bond donors (Lipinski definition) is 0. The maximum atomic E-state index is 4.93. The summed E-state index contributed by atoms with van der Waals surface area (Å²) in [5.74, 6) is 1.28. The highest BCUT2D eigenvalue weighted by Crippen LogP contribution is 2.07. The summed E-state index contributed by atoms with van der Waals surface area (Å²) in [7, 11) is 0. The van der Waals surface area contributed by atoms with E-state index in [1.165, 1.54) is 0 Å². The second kappa shape index (κ2) is 2.81. The number of hydrogen-bond acceptors (Lipinski definition) is 4. The maximum Gasteiger partial charge on any atom is 0.231 e. The summed E-state index contributed by atoms with van der Waals surface area (Å²) < 4.78 is 9.84. The fourth-order valence-electron chi connectivity index (χ4n) is 0.980. The summed E-state index contributed by atoms with van der Waals surface area (Å²) in [6, 6.07) is 1.87. The molecule has 0 bridgehead atoms. The van der Waals surface area contributed by atoms with Gasteiger partial charge in [0.25, 0.3) is 0 Å². The molecule has 4 nitrogen and oxygen atoms in total. The van der Waals surface area contributed by atoms with Gasteiger partial charge < -0.3 is 8.94 Å². The minimum absolute atomic E-state index is 0.619. The molecule has 2 rings (SSSR count). The molecule has 0 aliphatic rings. The molecule has 0 aliphatic heterocycles. The van der Waals surface area contributed by atoms with Gasteiger partial charge in [-0.1, -0.05) is 5.16 Å². The quantitative estimate of drug-likeness (QED) is 0.675. The van der Waals surface area contributed by atoms with Crippen molar-refractivity contribution < 1.29 is 8.94 Å². The molecule has 0 fully saturated rings. The molecule has 2 aromatic rings. The van der Waals surface area contributed by atoms with Gasteiger partial charge in [-0.3, -0.25) is 0 Å². The smallest absolute Gasteiger partial charge is 0.231 e. The monoisotopic (exact) mass is 164 g/mol. The third kappa shape index (κ3) is 1.37. The lowest BCUT2D eigenvalue weighted by Gasteiger charge is -1.85. The van der Waals surface area contributed by atoms with Crippen molar-refractivity contribution in [3.05, 3.63) is 35.9 Å². The molecular formula is C8H8N2O2. The van der Waals surface area contributed by atoms with Crippen molar-refractivity contribution in [2.45, 2.75) is 13.3 Å². The Morgan fingerprint density at radius 3 is 3.00 bits per heavy atom. The van der Waals surface area contributed by atoms with Gasteiger partial charge in [-0.25, -0.2) is 0 Å². The van der Waals surface area contributed by atoms with Gasteiger partial charge in [-0.15, -0.1) is 0 Å². The van der Waals surface area contributed by atoms with E-state index in [1.807, 2.05) is 6.07 Å². The van der Waals surface area contributed by atoms with Gasteiger partial charge in [0.05, 0.1) is 18.9 Å². The van der Waals surface area contributed by atoms with Crippen LogP contribution in [-0.2, 0) is 6.42 Å². The topological polar surface area (TPSA) is 52.1 Å². The minimum Gasteiger partial charge on any atom is -0.472 e. The Kier molecular flexibility index (Phi) is 1.66. The van der Waals surface area contributed by atoms with Crippen molar-refractivity contribution in [2.24, 2.45) is 0 Å². The van der Waals surface area contributed by atoms with Crippen LogP contribution in [-0.4, -0.2) is 10.1 Å². The lowest BCUT2D eigenvalue weighted by Crippen LogP contribution is -1.84. The van der Waals surface area contributed by atoms with Gasteiger partial charge in [0.15, 0.2) is 5.82 Å². The molecule has 0 saturated heterocycles. The lowest BCUT2D eigenvalue weighted by atomic mass is 10.2. The van der Waals surface area contributed by atoms with Gasteiger partial charge in [0.1, 0.15) is 0 Å². The minimum atomic E-state index is 0.619. The van der Waals surface area contributed by atoms with Crippen LogP contribution in [0, 0.1) is 6.92 Å². The lowest BCUT2D eigenvalue weighted by molar-refractivity contribution is 0.381. The Morgan fingerprint density at radius 2 is 2.42 bits per heavy atom. The van der Waals surface area contributed by atoms with E-state index in [4.69, 9.17) is 8.94 Å². The summed E-state index contributed by atoms with van der Waals surface area (Å²) in [6.45, 7) is 1.79. The van der Waals surface area contributed by atoms with Gasteiger partial charge in [-0.2, -0.15) is 4.98 Å². The van der Waals surface area contributed by atoms with Gasteiger partial charge in [-0.05, 0) is 18.6 Å². The van der Waals surface area contributed by atoms with Crippen molar-refractivity contribution in [3.8, 4) is 0 Å². The Bertz CT molecular complexity index is 351. The first-order valence-electron chi connectivity index (χ1n) is 3.65. The van der Waals surface area contributed by atoms with Crippen LogP contribution >= 0.6 is 0 Å². The molecule has 2 heterocycles. The molecular weight excluding hydrogens is 156 g/mol. The molecule has 0 unspecified atom stereocenters. The summed E-state index contributed by atoms with van der Waals surface area (Å²) in [6.07, 6.45) is 3.93. The zero-order valence-electron chi connectivity index (χ0n) is 6.65. The van der Waals surface area contributed by atoms with Gasteiger partial charge in [0.2, 0.25) is 5.89 Å². The first-order chi connectivity index (χ1) is 5.84. The van der Waals surface area contributed by atoms with E-state index >= 15 is 0 Å². The summed E-state index contributed by atoms with van der Waals surface area (Å²) in [5.41, 5.74) is 1.04. The van der Waals surface area contributed by atoms with Crippen LogP contribution in [0.1, 0.15) is 17.3 Å². The third-order valence-electron chi connectivity index (χ3n) is 1.51. The van der Waals surface area contributed by atoms with Crippen molar-refractivity contribution in [1.29, 1.82) is 0 Å². The number of aromatic nitrogens is 2. The fourth-order valence-corrected chi connectivity index (χ4v) is 0.980. The molecule has 12 heavy (non-hydrogen) atoms. The summed E-state index contributed by atoms with van der Waals surface area (Å²) >= 11 is 0. The van der Waals surface area contributed by atoms with Crippen LogP contribution < -0.4 is 0 Å². The molecule has 0 saturated carbocycles. The predicted molar refractivity (Wildman–Crippen MR) is 40.5 cm³/mol. The first-order valence-corrected chi connectivity index (χ1v) is 3.65. The van der Waals surface area contributed by atoms with E-state index in [2.05, 4.69) is 10.1 Å². The first kappa shape index (κ1) is 7.09. The molecule has 0 radical (unpaired) electrons. The standard InChI is InChI=1S/C8H8N2O2/c1-6-9-8(12-10-6)4-7-2-3-11-5-7/h2-3,5H,4H2,1H3. The highest BCUT2D eigenvalue weighted by molar-refractivity contribution is 5.10. The zero-order valence-corrected chi connectivity index (χ0v) is 6.65. The second-order valence-corrected chi connectivity index (χ2v) is 2.54. The molecule has 0 atom stereocenters. The molecule has 0 N–H and O–H groups in total. The highest BCUT2D eigenvalue weighted by atomic mass is 16.5. The number of aryl methyl sites for hydroxylation is 1. The molecule has 2 aromatic heterocycles. The van der Waals surface area contributed by atoms with E-state index in [0.717, 1.165) is 5.56 Å². The van der Waals surface area contributed by atoms with Crippen molar-refractivity contribution in [2.75, 3.05) is 0 Å². The predicted octanol–water partition coefficient (Wildman–Crippen LogP) is 1.56. The largest absolute Gasteiger partial charge is 0.472 e. The van der Waals surface area contributed by atoms with Gasteiger partial charge in [0, 0.05) is 0 Å². The van der Waals surface area contributed by atoms with E-state index in [0.29, 0.717) is 18.1 Å². The molecule has 4 heteroatoms. The Balaban J connectivity index is 2.14. The normalized spacial score (nSPS) is 10.4. The zero-order chi connectivity index (χ0) is 8.39. The SMILES string of the molecule is Cc1noc(Cc2ccoc2)n1. The maximum absolute atomic E-state index is 4.93. The van der Waals surface area contributed by atoms with Crippen LogP contribution in [0.2, 0.25) is 0 Å². The Hall–Kier alpha value is -1.58. The van der Waals surface area contributed by atoms with E-state index in [9.17, 15) is 0 Å². The van der Waals surface area contributed by atoms with Crippen molar-refractivity contribution >= 4 is 0 Å². The molecule has 0 spiro atoms. The summed E-state index contributed by atoms with van der Waals surface area (Å²) in [5, 5.41) is 3.68. The number of nitrogens with zero attached hydrogens (tertiary/aromatic N) is 2. The molecule has 0 amide bonds. The summed E-state index contributed by atoms with van der Waals surface area (Å²) in [4.78, 5) is 4.07.